The molecule has 168 valence electrons. The third-order valence-electron chi connectivity index (χ3n) is 4.77. The first-order chi connectivity index (χ1) is 14.1. The highest BCUT2D eigenvalue weighted by molar-refractivity contribution is 5.96. The Morgan fingerprint density at radius 3 is 1.72 bits per heavy atom. The van der Waals surface area contributed by atoms with Gasteiger partial charge in [-0.2, -0.15) is 0 Å². The average molecular weight is 410 g/mol. The van der Waals surface area contributed by atoms with Gasteiger partial charge in [0.05, 0.1) is 0 Å². The number of allylic oxidation sites excluding steroid dienone is 2. The van der Waals surface area contributed by atoms with Gasteiger partial charge in [0.2, 0.25) is 17.7 Å². The van der Waals surface area contributed by atoms with Crippen LogP contribution in [0.15, 0.2) is 12.2 Å². The van der Waals surface area contributed by atoms with Crippen molar-refractivity contribution in [2.45, 2.75) is 103 Å². The van der Waals surface area contributed by atoms with E-state index < -0.39 is 11.8 Å². The molecule has 3 amide bonds. The largest absolute Gasteiger partial charge is 0.369 e. The van der Waals surface area contributed by atoms with Gasteiger partial charge in [0.25, 0.3) is 0 Å². The molecule has 4 N–H and O–H groups in total. The first-order valence-electron chi connectivity index (χ1n) is 11.5. The quantitative estimate of drug-likeness (QED) is 0.160. The van der Waals surface area contributed by atoms with E-state index in [1.165, 1.54) is 64.2 Å². The minimum absolute atomic E-state index is 0.00628. The topological polar surface area (TPSA) is 101 Å². The summed E-state index contributed by atoms with van der Waals surface area (Å²) in [5.41, 5.74) is 4.92. The molecule has 0 aliphatic carbocycles. The number of carbonyl (C=O) groups is 3. The fraction of sp³-hybridized carbons (Fsp3) is 0.783. The number of primary amides is 1. The number of nitrogens with two attached hydrogens (primary N) is 1. The molecule has 0 aliphatic rings. The summed E-state index contributed by atoms with van der Waals surface area (Å²) in [6.07, 6.45) is 21.0. The molecule has 0 fully saturated rings. The Hall–Kier alpha value is -1.85. The van der Waals surface area contributed by atoms with Gasteiger partial charge in [-0.25, -0.2) is 0 Å². The summed E-state index contributed by atoms with van der Waals surface area (Å²) in [6.45, 7) is 2.93. The Labute approximate surface area is 177 Å². The highest BCUT2D eigenvalue weighted by Gasteiger charge is 2.05. The number of hydrogen-bond donors (Lipinski definition) is 3. The molecular weight excluding hydrogens is 366 g/mol. The summed E-state index contributed by atoms with van der Waals surface area (Å²) in [6, 6.07) is 0. The number of nitrogens with one attached hydrogen (secondary N) is 2. The molecule has 0 aromatic rings. The maximum Gasteiger partial charge on any atom is 0.229 e. The predicted molar refractivity (Wildman–Crippen MR) is 119 cm³/mol. The van der Waals surface area contributed by atoms with Crippen LogP contribution in [0.2, 0.25) is 0 Å². The number of carbonyl (C=O) groups excluding carboxylic acids is 3. The second kappa shape index (κ2) is 20.9. The number of unbranched alkanes of at least 4 members (excludes halogenated alkanes) is 11. The highest BCUT2D eigenvalue weighted by atomic mass is 16.2. The van der Waals surface area contributed by atoms with Crippen LogP contribution in [-0.2, 0) is 14.4 Å². The lowest BCUT2D eigenvalue weighted by Gasteiger charge is -2.06. The van der Waals surface area contributed by atoms with E-state index in [1.807, 2.05) is 0 Å². The van der Waals surface area contributed by atoms with E-state index in [-0.39, 0.29) is 12.3 Å². The van der Waals surface area contributed by atoms with Crippen molar-refractivity contribution in [2.24, 2.45) is 5.73 Å². The zero-order chi connectivity index (χ0) is 21.6. The van der Waals surface area contributed by atoms with Gasteiger partial charge in [-0.05, 0) is 32.1 Å². The summed E-state index contributed by atoms with van der Waals surface area (Å²) in [5.74, 6) is -1.06. The number of hydrogen-bond acceptors (Lipinski definition) is 3. The van der Waals surface area contributed by atoms with E-state index in [0.29, 0.717) is 19.5 Å². The standard InChI is InChI=1S/C23H43N3O3/c1-2-3-4-5-6-7-8-9-10-11-12-13-14-15-16-17-22(28)25-18-19-26-23(29)20-21(24)27/h9-10H,2-8,11-20H2,1H3,(H2,24,27)(H,25,28)(H,26,29). The second-order valence-corrected chi connectivity index (χ2v) is 7.68. The van der Waals surface area contributed by atoms with Crippen LogP contribution < -0.4 is 16.4 Å². The number of rotatable bonds is 20. The first kappa shape index (κ1) is 27.1. The molecule has 6 heteroatoms. The summed E-state index contributed by atoms with van der Waals surface area (Å²) in [4.78, 5) is 33.4. The van der Waals surface area contributed by atoms with Gasteiger partial charge in [-0.3, -0.25) is 14.4 Å². The molecule has 0 radical (unpaired) electrons. The molecule has 0 aromatic carbocycles. The Balaban J connectivity index is 3.31. The molecule has 0 rings (SSSR count). The molecule has 0 atom stereocenters. The third kappa shape index (κ3) is 22.3. The Kier molecular flexibility index (Phi) is 19.5. The zero-order valence-corrected chi connectivity index (χ0v) is 18.5. The fourth-order valence-corrected chi connectivity index (χ4v) is 3.07. The Morgan fingerprint density at radius 2 is 1.17 bits per heavy atom. The lowest BCUT2D eigenvalue weighted by Crippen LogP contribution is -2.36. The average Bonchev–Trinajstić information content (AvgIpc) is 2.67. The van der Waals surface area contributed by atoms with E-state index in [9.17, 15) is 14.4 Å². The molecular formula is C23H43N3O3. The summed E-state index contributed by atoms with van der Waals surface area (Å²) >= 11 is 0. The predicted octanol–water partition coefficient (Wildman–Crippen LogP) is 4.13. The lowest BCUT2D eigenvalue weighted by molar-refractivity contribution is -0.128. The number of amides is 3. The highest BCUT2D eigenvalue weighted by Crippen LogP contribution is 2.09. The van der Waals surface area contributed by atoms with Gasteiger partial charge in [-0.15, -0.1) is 0 Å². The lowest BCUT2D eigenvalue weighted by atomic mass is 10.1. The molecule has 29 heavy (non-hydrogen) atoms. The molecule has 0 aromatic heterocycles. The van der Waals surface area contributed by atoms with Crippen LogP contribution in [0, 0.1) is 0 Å². The monoisotopic (exact) mass is 409 g/mol. The normalized spacial score (nSPS) is 10.9. The third-order valence-corrected chi connectivity index (χ3v) is 4.77. The molecule has 0 saturated heterocycles. The van der Waals surface area contributed by atoms with Crippen LogP contribution >= 0.6 is 0 Å². The van der Waals surface area contributed by atoms with Crippen molar-refractivity contribution in [3.63, 3.8) is 0 Å². The second-order valence-electron chi connectivity index (χ2n) is 7.68. The van der Waals surface area contributed by atoms with Crippen LogP contribution in [0.4, 0.5) is 0 Å². The smallest absolute Gasteiger partial charge is 0.229 e. The van der Waals surface area contributed by atoms with Crippen LogP contribution in [0.3, 0.4) is 0 Å². The maximum atomic E-state index is 11.7. The van der Waals surface area contributed by atoms with Crippen molar-refractivity contribution in [3.05, 3.63) is 12.2 Å². The molecule has 0 heterocycles. The van der Waals surface area contributed by atoms with Crippen LogP contribution in [0.1, 0.15) is 103 Å². The van der Waals surface area contributed by atoms with Gasteiger partial charge in [0, 0.05) is 19.5 Å². The van der Waals surface area contributed by atoms with Crippen molar-refractivity contribution in [2.75, 3.05) is 13.1 Å². The minimum atomic E-state index is -0.657. The SMILES string of the molecule is CCCCCCCCC=CCCCCCCCC(=O)NCCNC(=O)CC(N)=O. The first-order valence-corrected chi connectivity index (χ1v) is 11.5. The Morgan fingerprint density at radius 1 is 0.690 bits per heavy atom. The van der Waals surface area contributed by atoms with Crippen molar-refractivity contribution < 1.29 is 14.4 Å². The molecule has 6 nitrogen and oxygen atoms in total. The van der Waals surface area contributed by atoms with Crippen molar-refractivity contribution in [1.82, 2.24) is 10.6 Å². The Bertz CT molecular complexity index is 464. The van der Waals surface area contributed by atoms with Crippen molar-refractivity contribution in [3.8, 4) is 0 Å². The zero-order valence-electron chi connectivity index (χ0n) is 18.5. The molecule has 0 aliphatic heterocycles. The summed E-state index contributed by atoms with van der Waals surface area (Å²) in [5, 5.41) is 5.29. The van der Waals surface area contributed by atoms with Crippen LogP contribution in [0.5, 0.6) is 0 Å². The molecule has 0 spiro atoms. The molecule has 0 unspecified atom stereocenters. The van der Waals surface area contributed by atoms with E-state index in [1.54, 1.807) is 0 Å². The summed E-state index contributed by atoms with van der Waals surface area (Å²) in [7, 11) is 0. The maximum absolute atomic E-state index is 11.7. The fourth-order valence-electron chi connectivity index (χ4n) is 3.07. The minimum Gasteiger partial charge on any atom is -0.369 e. The van der Waals surface area contributed by atoms with E-state index in [0.717, 1.165) is 19.3 Å². The van der Waals surface area contributed by atoms with Crippen LogP contribution in [-0.4, -0.2) is 30.8 Å². The van der Waals surface area contributed by atoms with Crippen molar-refractivity contribution >= 4 is 17.7 Å². The van der Waals surface area contributed by atoms with E-state index in [2.05, 4.69) is 29.7 Å². The van der Waals surface area contributed by atoms with Gasteiger partial charge in [0.1, 0.15) is 6.42 Å². The summed E-state index contributed by atoms with van der Waals surface area (Å²) < 4.78 is 0. The van der Waals surface area contributed by atoms with Gasteiger partial charge < -0.3 is 16.4 Å². The van der Waals surface area contributed by atoms with Gasteiger partial charge in [0.15, 0.2) is 0 Å². The van der Waals surface area contributed by atoms with E-state index >= 15 is 0 Å². The molecule has 0 bridgehead atoms. The van der Waals surface area contributed by atoms with Gasteiger partial charge in [-0.1, -0.05) is 70.4 Å². The van der Waals surface area contributed by atoms with Crippen molar-refractivity contribution in [1.29, 1.82) is 0 Å². The van der Waals surface area contributed by atoms with E-state index in [4.69, 9.17) is 5.73 Å². The van der Waals surface area contributed by atoms with Gasteiger partial charge >= 0.3 is 0 Å². The molecule has 0 saturated carbocycles. The van der Waals surface area contributed by atoms with Crippen LogP contribution in [0.25, 0.3) is 0 Å².